The highest BCUT2D eigenvalue weighted by molar-refractivity contribution is 7.92. The molecule has 0 saturated heterocycles. The molecule has 0 radical (unpaired) electrons. The number of benzene rings is 2. The maximum absolute atomic E-state index is 12.3. The van der Waals surface area contributed by atoms with Gasteiger partial charge in [-0.3, -0.25) is 9.10 Å². The number of nitrogens with one attached hydrogen (secondary N) is 1. The summed E-state index contributed by atoms with van der Waals surface area (Å²) in [4.78, 5) is 12.3. The average molecular weight is 482 g/mol. The number of hydrogen-bond donors (Lipinski definition) is 1. The number of ether oxygens (including phenoxy) is 2. The zero-order valence-electron chi connectivity index (χ0n) is 18.6. The molecule has 0 heterocycles. The second-order valence-corrected chi connectivity index (χ2v) is 9.30. The van der Waals surface area contributed by atoms with Gasteiger partial charge in [-0.1, -0.05) is 24.6 Å². The van der Waals surface area contributed by atoms with Crippen LogP contribution in [0.3, 0.4) is 0 Å². The fourth-order valence-corrected chi connectivity index (χ4v) is 3.71. The maximum Gasteiger partial charge on any atom is 0.260 e. The summed E-state index contributed by atoms with van der Waals surface area (Å²) < 4.78 is 36.6. The molecule has 0 unspecified atom stereocenters. The van der Waals surface area contributed by atoms with Crippen LogP contribution in [0.4, 0.5) is 5.69 Å². The molecule has 0 bridgehead atoms. The van der Waals surface area contributed by atoms with Crippen molar-refractivity contribution >= 4 is 39.4 Å². The zero-order chi connectivity index (χ0) is 23.7. The van der Waals surface area contributed by atoms with E-state index in [-0.39, 0.29) is 0 Å². The summed E-state index contributed by atoms with van der Waals surface area (Å²) in [6.07, 6.45) is 3.34. The van der Waals surface area contributed by atoms with Gasteiger partial charge in [0.25, 0.3) is 5.91 Å². The Kier molecular flexibility index (Phi) is 9.34. The van der Waals surface area contributed by atoms with Crippen molar-refractivity contribution in [2.24, 2.45) is 5.10 Å². The Labute approximate surface area is 194 Å². The van der Waals surface area contributed by atoms with Gasteiger partial charge in [0, 0.05) is 5.02 Å². The minimum Gasteiger partial charge on any atom is -0.490 e. The summed E-state index contributed by atoms with van der Waals surface area (Å²) >= 11 is 6.11. The first-order valence-corrected chi connectivity index (χ1v) is 12.3. The van der Waals surface area contributed by atoms with E-state index in [9.17, 15) is 13.2 Å². The SMILES string of the molecule is CCCOc1ccc(/C=N\NC(=O)CN(c2ccc(C)c(Cl)c2)S(C)(=O)=O)cc1OCC. The number of rotatable bonds is 11. The summed E-state index contributed by atoms with van der Waals surface area (Å²) in [6.45, 7) is 6.31. The first kappa shape index (κ1) is 25.5. The Balaban J connectivity index is 2.09. The highest BCUT2D eigenvalue weighted by atomic mass is 35.5. The summed E-state index contributed by atoms with van der Waals surface area (Å²) in [5.41, 5.74) is 4.13. The predicted molar refractivity (Wildman–Crippen MR) is 128 cm³/mol. The lowest BCUT2D eigenvalue weighted by atomic mass is 10.2. The molecule has 0 spiro atoms. The molecule has 1 amide bonds. The predicted octanol–water partition coefficient (Wildman–Crippen LogP) is 3.75. The number of amides is 1. The molecule has 0 aliphatic heterocycles. The number of sulfonamides is 1. The van der Waals surface area contributed by atoms with E-state index in [0.29, 0.717) is 41.0 Å². The zero-order valence-corrected chi connectivity index (χ0v) is 20.2. The Morgan fingerprint density at radius 2 is 1.91 bits per heavy atom. The van der Waals surface area contributed by atoms with Crippen LogP contribution in [0.15, 0.2) is 41.5 Å². The molecule has 0 aliphatic carbocycles. The maximum atomic E-state index is 12.3. The van der Waals surface area contributed by atoms with Gasteiger partial charge in [0.2, 0.25) is 10.0 Å². The van der Waals surface area contributed by atoms with Crippen molar-refractivity contribution in [3.05, 3.63) is 52.5 Å². The van der Waals surface area contributed by atoms with Crippen LogP contribution >= 0.6 is 11.6 Å². The summed E-state index contributed by atoms with van der Waals surface area (Å²) in [6, 6.07) is 10.1. The van der Waals surface area contributed by atoms with E-state index < -0.39 is 22.5 Å². The second-order valence-electron chi connectivity index (χ2n) is 6.98. The summed E-state index contributed by atoms with van der Waals surface area (Å²) in [5.74, 6) is 0.613. The molecular formula is C22H28ClN3O5S. The fourth-order valence-electron chi connectivity index (χ4n) is 2.69. The van der Waals surface area contributed by atoms with Gasteiger partial charge >= 0.3 is 0 Å². The molecule has 2 aromatic carbocycles. The Bertz CT molecular complexity index is 1070. The van der Waals surface area contributed by atoms with Crippen LogP contribution in [0.1, 0.15) is 31.4 Å². The Morgan fingerprint density at radius 1 is 1.16 bits per heavy atom. The summed E-state index contributed by atoms with van der Waals surface area (Å²) in [5, 5.41) is 4.33. The Morgan fingerprint density at radius 3 is 2.53 bits per heavy atom. The van der Waals surface area contributed by atoms with Crippen molar-refractivity contribution in [3.63, 3.8) is 0 Å². The smallest absolute Gasteiger partial charge is 0.260 e. The van der Waals surface area contributed by atoms with Crippen molar-refractivity contribution in [2.45, 2.75) is 27.2 Å². The van der Waals surface area contributed by atoms with Crippen molar-refractivity contribution in [1.29, 1.82) is 0 Å². The van der Waals surface area contributed by atoms with Crippen LogP contribution in [0.25, 0.3) is 0 Å². The van der Waals surface area contributed by atoms with E-state index in [2.05, 4.69) is 10.5 Å². The van der Waals surface area contributed by atoms with Gasteiger partial charge in [-0.05, 0) is 61.7 Å². The molecule has 8 nitrogen and oxygen atoms in total. The number of aryl methyl sites for hydroxylation is 1. The Hall–Kier alpha value is -2.78. The molecule has 2 rings (SSSR count). The molecule has 0 fully saturated rings. The van der Waals surface area contributed by atoms with E-state index in [1.54, 1.807) is 37.3 Å². The van der Waals surface area contributed by atoms with Gasteiger partial charge in [-0.25, -0.2) is 13.8 Å². The first-order valence-electron chi connectivity index (χ1n) is 10.1. The lowest BCUT2D eigenvalue weighted by Gasteiger charge is -2.21. The van der Waals surface area contributed by atoms with Gasteiger partial charge < -0.3 is 9.47 Å². The minimum atomic E-state index is -3.71. The lowest BCUT2D eigenvalue weighted by molar-refractivity contribution is -0.119. The molecular weight excluding hydrogens is 454 g/mol. The van der Waals surface area contributed by atoms with E-state index in [1.807, 2.05) is 13.8 Å². The highest BCUT2D eigenvalue weighted by Gasteiger charge is 2.21. The molecule has 1 N–H and O–H groups in total. The third-order valence-corrected chi connectivity index (χ3v) is 5.81. The monoisotopic (exact) mass is 481 g/mol. The van der Waals surface area contributed by atoms with Crippen molar-refractivity contribution < 1.29 is 22.7 Å². The van der Waals surface area contributed by atoms with Gasteiger partial charge in [0.1, 0.15) is 6.54 Å². The second kappa shape index (κ2) is 11.7. The molecule has 32 heavy (non-hydrogen) atoms. The summed E-state index contributed by atoms with van der Waals surface area (Å²) in [7, 11) is -3.71. The normalized spacial score (nSPS) is 11.4. The van der Waals surface area contributed by atoms with Crippen molar-refractivity contribution in [2.75, 3.05) is 30.3 Å². The largest absolute Gasteiger partial charge is 0.490 e. The van der Waals surface area contributed by atoms with E-state index in [0.717, 1.165) is 22.5 Å². The first-order chi connectivity index (χ1) is 15.2. The van der Waals surface area contributed by atoms with Crippen LogP contribution in [0.2, 0.25) is 5.02 Å². The number of anilines is 1. The minimum absolute atomic E-state index is 0.297. The van der Waals surface area contributed by atoms with E-state index >= 15 is 0 Å². The molecule has 0 atom stereocenters. The molecule has 0 aliphatic rings. The van der Waals surface area contributed by atoms with Crippen LogP contribution < -0.4 is 19.2 Å². The number of hydrazone groups is 1. The van der Waals surface area contributed by atoms with E-state index in [4.69, 9.17) is 21.1 Å². The van der Waals surface area contributed by atoms with Crippen molar-refractivity contribution in [3.8, 4) is 11.5 Å². The standard InChI is InChI=1S/C22H28ClN3O5S/c1-5-11-31-20-10-8-17(12-21(20)30-6-2)14-24-25-22(27)15-26(32(4,28)29)18-9-7-16(3)19(23)13-18/h7-10,12-14H,5-6,11,15H2,1-4H3,(H,25,27)/b24-14-. The average Bonchev–Trinajstić information content (AvgIpc) is 2.73. The number of hydrogen-bond acceptors (Lipinski definition) is 6. The van der Waals surface area contributed by atoms with Crippen LogP contribution in [-0.4, -0.2) is 46.6 Å². The number of carbonyl (C=O) groups excluding carboxylic acids is 1. The van der Waals surface area contributed by atoms with Crippen molar-refractivity contribution in [1.82, 2.24) is 5.43 Å². The van der Waals surface area contributed by atoms with Gasteiger partial charge in [0.15, 0.2) is 11.5 Å². The van der Waals surface area contributed by atoms with Gasteiger partial charge in [-0.2, -0.15) is 5.10 Å². The molecule has 10 heteroatoms. The lowest BCUT2D eigenvalue weighted by Crippen LogP contribution is -2.39. The van der Waals surface area contributed by atoms with E-state index in [1.165, 1.54) is 12.3 Å². The number of nitrogens with zero attached hydrogens (tertiary/aromatic N) is 2. The van der Waals surface area contributed by atoms with Crippen LogP contribution in [0.5, 0.6) is 11.5 Å². The molecule has 2 aromatic rings. The highest BCUT2D eigenvalue weighted by Crippen LogP contribution is 2.28. The fraction of sp³-hybridized carbons (Fsp3) is 0.364. The van der Waals surface area contributed by atoms with Gasteiger partial charge in [-0.15, -0.1) is 0 Å². The van der Waals surface area contributed by atoms with Crippen LogP contribution in [-0.2, 0) is 14.8 Å². The van der Waals surface area contributed by atoms with Gasteiger partial charge in [0.05, 0.1) is 31.4 Å². The molecule has 174 valence electrons. The topological polar surface area (TPSA) is 97.3 Å². The third kappa shape index (κ3) is 7.42. The number of carbonyl (C=O) groups is 1. The molecule has 0 aromatic heterocycles. The van der Waals surface area contributed by atoms with Crippen LogP contribution in [0, 0.1) is 6.92 Å². The molecule has 0 saturated carbocycles. The quantitative estimate of drug-likeness (QED) is 0.389. The number of halogens is 1. The third-order valence-electron chi connectivity index (χ3n) is 4.26.